The molecule has 32 heavy (non-hydrogen) atoms. The van der Waals surface area contributed by atoms with Crippen molar-refractivity contribution in [1.29, 1.82) is 0 Å². The van der Waals surface area contributed by atoms with Crippen LogP contribution in [-0.4, -0.2) is 40.4 Å². The molecular weight excluding hydrogens is 408 g/mol. The highest BCUT2D eigenvalue weighted by Crippen LogP contribution is 2.29. The first-order chi connectivity index (χ1) is 15.2. The van der Waals surface area contributed by atoms with Gasteiger partial charge in [-0.15, -0.1) is 0 Å². The Morgan fingerprint density at radius 3 is 2.41 bits per heavy atom. The highest BCUT2D eigenvalue weighted by molar-refractivity contribution is 6.24. The van der Waals surface area contributed by atoms with Crippen molar-refractivity contribution in [2.45, 2.75) is 85.1 Å². The van der Waals surface area contributed by atoms with E-state index in [1.54, 1.807) is 25.1 Å². The number of aryl methyl sites for hydroxylation is 1. The number of amides is 4. The lowest BCUT2D eigenvalue weighted by Crippen LogP contribution is -2.54. The zero-order valence-electron chi connectivity index (χ0n) is 19.5. The first-order valence-corrected chi connectivity index (χ1v) is 11.6. The molecule has 0 radical (unpaired) electrons. The quantitative estimate of drug-likeness (QED) is 0.485. The molecule has 0 aliphatic carbocycles. The summed E-state index contributed by atoms with van der Waals surface area (Å²) >= 11 is 0. The number of hydrogen-bond donors (Lipinski definition) is 1. The van der Waals surface area contributed by atoms with E-state index in [1.165, 1.54) is 19.3 Å². The average molecular weight is 443 g/mol. The first kappa shape index (κ1) is 25.4. The van der Waals surface area contributed by atoms with Crippen molar-refractivity contribution in [1.82, 2.24) is 10.2 Å². The van der Waals surface area contributed by atoms with E-state index in [0.717, 1.165) is 24.2 Å². The molecule has 1 fully saturated rings. The number of piperidine rings is 1. The lowest BCUT2D eigenvalue weighted by Gasteiger charge is -2.27. The molecule has 0 aromatic heterocycles. The van der Waals surface area contributed by atoms with E-state index in [9.17, 15) is 24.0 Å². The summed E-state index contributed by atoms with van der Waals surface area (Å²) in [6.45, 7) is 8.05. The molecule has 7 heteroatoms. The smallest absolute Gasteiger partial charge is 0.262 e. The van der Waals surface area contributed by atoms with Gasteiger partial charge >= 0.3 is 0 Å². The van der Waals surface area contributed by atoms with Gasteiger partial charge in [0.2, 0.25) is 11.8 Å². The van der Waals surface area contributed by atoms with Gasteiger partial charge in [0.25, 0.3) is 11.8 Å². The molecule has 0 bridgehead atoms. The molecule has 2 heterocycles. The highest BCUT2D eigenvalue weighted by Gasteiger charge is 2.44. The van der Waals surface area contributed by atoms with Crippen LogP contribution < -0.4 is 5.32 Å². The number of unbranched alkanes of at least 4 members (excludes halogenated alkanes) is 3. The van der Waals surface area contributed by atoms with Crippen LogP contribution in [0.25, 0.3) is 0 Å². The van der Waals surface area contributed by atoms with Gasteiger partial charge in [0.15, 0.2) is 0 Å². The van der Waals surface area contributed by atoms with Crippen LogP contribution in [0.4, 0.5) is 0 Å². The monoisotopic (exact) mass is 442 g/mol. The summed E-state index contributed by atoms with van der Waals surface area (Å²) in [5.74, 6) is -1.16. The Morgan fingerprint density at radius 2 is 1.81 bits per heavy atom. The van der Waals surface area contributed by atoms with E-state index < -0.39 is 23.8 Å². The minimum atomic E-state index is -0.903. The second-order valence-electron chi connectivity index (χ2n) is 8.53. The fraction of sp³-hybridized carbons (Fsp3) is 0.560. The van der Waals surface area contributed by atoms with E-state index >= 15 is 0 Å². The summed E-state index contributed by atoms with van der Waals surface area (Å²) < 4.78 is 0. The van der Waals surface area contributed by atoms with Crippen molar-refractivity contribution in [3.8, 4) is 0 Å². The van der Waals surface area contributed by atoms with Gasteiger partial charge in [0.05, 0.1) is 11.1 Å². The highest BCUT2D eigenvalue weighted by atomic mass is 16.2. The standard InChI is InChI=1S/C14H12N2O4.C11H22O/c1-7-3-2-4-8-11(7)14(20)16(13(8)19)9-5-6-10(17)15-12(9)18;1-4-6-7-8-9-11(12)10(3)5-2/h2-4,9H,5-6H2,1H3,(H,15,17,18);10H,4-9H2,1-3H3. The van der Waals surface area contributed by atoms with Crippen molar-refractivity contribution in [2.75, 3.05) is 0 Å². The molecular formula is C25H34N2O5. The fourth-order valence-corrected chi connectivity index (χ4v) is 3.88. The molecule has 0 saturated carbocycles. The summed E-state index contributed by atoms with van der Waals surface area (Å²) in [6, 6.07) is 4.12. The minimum Gasteiger partial charge on any atom is -0.299 e. The number of ketones is 1. The Labute approximate surface area is 189 Å². The van der Waals surface area contributed by atoms with E-state index in [0.29, 0.717) is 22.5 Å². The molecule has 1 aromatic carbocycles. The number of fused-ring (bicyclic) bond motifs is 1. The van der Waals surface area contributed by atoms with Crippen LogP contribution in [0, 0.1) is 12.8 Å². The lowest BCUT2D eigenvalue weighted by atomic mass is 9.98. The maximum Gasteiger partial charge on any atom is 0.262 e. The van der Waals surface area contributed by atoms with Crippen LogP contribution in [0.5, 0.6) is 0 Å². The molecule has 0 spiro atoms. The number of hydrogen-bond acceptors (Lipinski definition) is 5. The molecule has 1 saturated heterocycles. The lowest BCUT2D eigenvalue weighted by molar-refractivity contribution is -0.136. The van der Waals surface area contributed by atoms with Gasteiger partial charge < -0.3 is 0 Å². The molecule has 2 aliphatic rings. The molecule has 2 unspecified atom stereocenters. The van der Waals surface area contributed by atoms with E-state index in [4.69, 9.17) is 0 Å². The third-order valence-corrected chi connectivity index (χ3v) is 6.12. The number of rotatable bonds is 8. The minimum absolute atomic E-state index is 0.128. The maximum absolute atomic E-state index is 12.4. The Hall–Kier alpha value is -2.83. The summed E-state index contributed by atoms with van der Waals surface area (Å²) in [7, 11) is 0. The molecule has 174 valence electrons. The molecule has 1 N–H and O–H groups in total. The summed E-state index contributed by atoms with van der Waals surface area (Å²) in [4.78, 5) is 60.0. The molecule has 1 aromatic rings. The topological polar surface area (TPSA) is 101 Å². The SMILES string of the molecule is CCCCCCC(=O)C(C)CC.Cc1cccc2c1C(=O)N(C1CCC(=O)NC1=O)C2=O. The van der Waals surface area contributed by atoms with E-state index in [1.807, 2.05) is 6.92 Å². The van der Waals surface area contributed by atoms with Crippen LogP contribution in [0.2, 0.25) is 0 Å². The van der Waals surface area contributed by atoms with Gasteiger partial charge in [-0.05, 0) is 37.8 Å². The summed E-state index contributed by atoms with van der Waals surface area (Å²) in [5, 5.41) is 2.16. The summed E-state index contributed by atoms with van der Waals surface area (Å²) in [5.41, 5.74) is 1.37. The second-order valence-corrected chi connectivity index (χ2v) is 8.53. The van der Waals surface area contributed by atoms with E-state index in [2.05, 4.69) is 19.2 Å². The number of nitrogens with zero attached hydrogens (tertiary/aromatic N) is 1. The predicted molar refractivity (Wildman–Crippen MR) is 121 cm³/mol. The normalized spacial score (nSPS) is 18.6. The number of imide groups is 2. The molecule has 2 aliphatic heterocycles. The largest absolute Gasteiger partial charge is 0.299 e. The van der Waals surface area contributed by atoms with Gasteiger partial charge in [-0.2, -0.15) is 0 Å². The summed E-state index contributed by atoms with van der Waals surface area (Å²) in [6.07, 6.45) is 6.93. The molecule has 7 nitrogen and oxygen atoms in total. The third kappa shape index (κ3) is 5.90. The van der Waals surface area contributed by atoms with Gasteiger partial charge in [-0.1, -0.05) is 52.2 Å². The van der Waals surface area contributed by atoms with Crippen LogP contribution in [-0.2, 0) is 14.4 Å². The van der Waals surface area contributed by atoms with E-state index in [-0.39, 0.29) is 24.7 Å². The van der Waals surface area contributed by atoms with Gasteiger partial charge in [-0.25, -0.2) is 0 Å². The van der Waals surface area contributed by atoms with Crippen LogP contribution >= 0.6 is 0 Å². The van der Waals surface area contributed by atoms with Crippen LogP contribution in [0.15, 0.2) is 18.2 Å². The van der Waals surface area contributed by atoms with Gasteiger partial charge in [-0.3, -0.25) is 34.2 Å². The Morgan fingerprint density at radius 1 is 1.09 bits per heavy atom. The third-order valence-electron chi connectivity index (χ3n) is 6.12. The number of Topliss-reactive ketones (excluding diaryl/α,β-unsaturated/α-hetero) is 1. The first-order valence-electron chi connectivity index (χ1n) is 11.6. The molecule has 4 amide bonds. The van der Waals surface area contributed by atoms with Crippen LogP contribution in [0.1, 0.15) is 98.4 Å². The number of carbonyl (C=O) groups is 5. The van der Waals surface area contributed by atoms with Crippen molar-refractivity contribution >= 4 is 29.4 Å². The van der Waals surface area contributed by atoms with Crippen LogP contribution in [0.3, 0.4) is 0 Å². The molecule has 3 rings (SSSR count). The van der Waals surface area contributed by atoms with Gasteiger partial charge in [0.1, 0.15) is 11.8 Å². The number of nitrogens with one attached hydrogen (secondary N) is 1. The van der Waals surface area contributed by atoms with Crippen molar-refractivity contribution in [2.24, 2.45) is 5.92 Å². The zero-order chi connectivity index (χ0) is 23.8. The van der Waals surface area contributed by atoms with Crippen molar-refractivity contribution in [3.63, 3.8) is 0 Å². The molecule has 2 atom stereocenters. The fourth-order valence-electron chi connectivity index (χ4n) is 3.88. The zero-order valence-corrected chi connectivity index (χ0v) is 19.5. The maximum atomic E-state index is 12.4. The number of carbonyl (C=O) groups excluding carboxylic acids is 5. The Bertz CT molecular complexity index is 892. The Kier molecular flexibility index (Phi) is 9.29. The Balaban J connectivity index is 0.000000262. The predicted octanol–water partition coefficient (Wildman–Crippen LogP) is 3.97. The second kappa shape index (κ2) is 11.7. The van der Waals surface area contributed by atoms with Crippen molar-refractivity contribution in [3.05, 3.63) is 34.9 Å². The van der Waals surface area contributed by atoms with Gasteiger partial charge in [0, 0.05) is 18.8 Å². The average Bonchev–Trinajstić information content (AvgIpc) is 3.02. The van der Waals surface area contributed by atoms with Crippen molar-refractivity contribution < 1.29 is 24.0 Å². The number of benzene rings is 1.